The van der Waals surface area contributed by atoms with Crippen LogP contribution < -0.4 is 16.0 Å². The van der Waals surface area contributed by atoms with Crippen LogP contribution in [0.15, 0.2) is 18.2 Å². The van der Waals surface area contributed by atoms with Gasteiger partial charge in [0.15, 0.2) is 0 Å². The quantitative estimate of drug-likeness (QED) is 0.883. The maximum absolute atomic E-state index is 14.5. The first-order valence-corrected chi connectivity index (χ1v) is 8.07. The summed E-state index contributed by atoms with van der Waals surface area (Å²) in [5.41, 5.74) is 6.81. The van der Waals surface area contributed by atoms with Crippen LogP contribution in [0.1, 0.15) is 12.7 Å². The van der Waals surface area contributed by atoms with Gasteiger partial charge in [0, 0.05) is 31.9 Å². The van der Waals surface area contributed by atoms with E-state index in [1.807, 2.05) is 6.07 Å². The minimum absolute atomic E-state index is 0.135. The number of halogens is 1. The molecule has 24 heavy (non-hydrogen) atoms. The summed E-state index contributed by atoms with van der Waals surface area (Å²) in [6.07, 6.45) is 0. The molecule has 0 unspecified atom stereocenters. The molecular formula is C16H22FN7. The van der Waals surface area contributed by atoms with Crippen molar-refractivity contribution in [2.75, 3.05) is 48.7 Å². The topological polar surface area (TPSA) is 83.2 Å². The fourth-order valence-electron chi connectivity index (χ4n) is 2.83. The molecular weight excluding hydrogens is 309 g/mol. The third kappa shape index (κ3) is 3.70. The zero-order chi connectivity index (χ0) is 17.1. The molecule has 128 valence electrons. The van der Waals surface area contributed by atoms with Crippen LogP contribution in [0.5, 0.6) is 0 Å². The number of aromatic nitrogens is 3. The van der Waals surface area contributed by atoms with Gasteiger partial charge < -0.3 is 20.9 Å². The molecule has 0 aliphatic carbocycles. The van der Waals surface area contributed by atoms with Crippen LogP contribution in [-0.2, 0) is 0 Å². The Bertz CT molecular complexity index is 693. The lowest BCUT2D eigenvalue weighted by Gasteiger charge is -2.35. The molecule has 0 atom stereocenters. The fourth-order valence-corrected chi connectivity index (χ4v) is 2.83. The van der Waals surface area contributed by atoms with Gasteiger partial charge in [0.05, 0.1) is 5.69 Å². The van der Waals surface area contributed by atoms with Crippen molar-refractivity contribution in [3.05, 3.63) is 29.8 Å². The molecule has 0 bridgehead atoms. The third-order valence-electron chi connectivity index (χ3n) is 4.13. The normalized spacial score (nSPS) is 15.5. The second kappa shape index (κ2) is 6.96. The number of aryl methyl sites for hydroxylation is 1. The molecule has 7 nitrogen and oxygen atoms in total. The molecule has 1 fully saturated rings. The van der Waals surface area contributed by atoms with Crippen LogP contribution in [0.4, 0.5) is 27.7 Å². The number of hydrogen-bond donors (Lipinski definition) is 2. The first kappa shape index (κ1) is 16.4. The largest absolute Gasteiger partial charge is 0.368 e. The number of rotatable bonds is 4. The molecule has 2 heterocycles. The third-order valence-corrected chi connectivity index (χ3v) is 4.13. The second-order valence-electron chi connectivity index (χ2n) is 5.78. The predicted molar refractivity (Wildman–Crippen MR) is 93.0 cm³/mol. The highest BCUT2D eigenvalue weighted by molar-refractivity contribution is 5.60. The Morgan fingerprint density at radius 1 is 1.17 bits per heavy atom. The molecule has 0 spiro atoms. The molecule has 0 radical (unpaired) electrons. The number of hydrogen-bond acceptors (Lipinski definition) is 7. The standard InChI is InChI=1S/C16H22FN7/c1-3-23-6-8-24(9-7-23)14-5-4-12(10-13(14)17)21-16-20-11(2)19-15(18)22-16/h4-5,10H,3,6-9H2,1-2H3,(H3,18,19,20,21,22). The minimum Gasteiger partial charge on any atom is -0.368 e. The highest BCUT2D eigenvalue weighted by Gasteiger charge is 2.18. The van der Waals surface area contributed by atoms with Gasteiger partial charge in [-0.25, -0.2) is 4.39 Å². The van der Waals surface area contributed by atoms with Crippen molar-refractivity contribution in [3.63, 3.8) is 0 Å². The number of piperazine rings is 1. The van der Waals surface area contributed by atoms with Crippen molar-refractivity contribution >= 4 is 23.3 Å². The van der Waals surface area contributed by atoms with Gasteiger partial charge >= 0.3 is 0 Å². The zero-order valence-corrected chi connectivity index (χ0v) is 14.0. The zero-order valence-electron chi connectivity index (χ0n) is 14.0. The smallest absolute Gasteiger partial charge is 0.232 e. The molecule has 8 heteroatoms. The SMILES string of the molecule is CCN1CCN(c2ccc(Nc3nc(C)nc(N)n3)cc2F)CC1. The molecule has 0 amide bonds. The number of anilines is 4. The van der Waals surface area contributed by atoms with Crippen molar-refractivity contribution in [3.8, 4) is 0 Å². The van der Waals surface area contributed by atoms with Crippen molar-refractivity contribution in [1.29, 1.82) is 0 Å². The van der Waals surface area contributed by atoms with Gasteiger partial charge in [0.25, 0.3) is 0 Å². The fraction of sp³-hybridized carbons (Fsp3) is 0.438. The average molecular weight is 331 g/mol. The summed E-state index contributed by atoms with van der Waals surface area (Å²) in [4.78, 5) is 16.5. The van der Waals surface area contributed by atoms with Crippen molar-refractivity contribution in [2.45, 2.75) is 13.8 Å². The van der Waals surface area contributed by atoms with Crippen LogP contribution >= 0.6 is 0 Å². The number of nitrogen functional groups attached to an aromatic ring is 1. The highest BCUT2D eigenvalue weighted by Crippen LogP contribution is 2.25. The van der Waals surface area contributed by atoms with Crippen LogP contribution in [0.25, 0.3) is 0 Å². The van der Waals surface area contributed by atoms with Crippen LogP contribution in [0.3, 0.4) is 0 Å². The van der Waals surface area contributed by atoms with Crippen LogP contribution in [0, 0.1) is 12.7 Å². The molecule has 0 saturated carbocycles. The van der Waals surface area contributed by atoms with E-state index in [-0.39, 0.29) is 11.8 Å². The average Bonchev–Trinajstić information content (AvgIpc) is 2.54. The van der Waals surface area contributed by atoms with E-state index in [1.54, 1.807) is 13.0 Å². The van der Waals surface area contributed by atoms with E-state index in [0.29, 0.717) is 23.1 Å². The van der Waals surface area contributed by atoms with Crippen LogP contribution in [0.2, 0.25) is 0 Å². The van der Waals surface area contributed by atoms with Gasteiger partial charge in [-0.05, 0) is 31.7 Å². The van der Waals surface area contributed by atoms with Gasteiger partial charge in [0.1, 0.15) is 11.6 Å². The molecule has 3 N–H and O–H groups in total. The Hall–Kier alpha value is -2.48. The monoisotopic (exact) mass is 331 g/mol. The molecule has 3 rings (SSSR count). The summed E-state index contributed by atoms with van der Waals surface area (Å²) in [7, 11) is 0. The molecule has 1 aromatic carbocycles. The van der Waals surface area contributed by atoms with E-state index in [0.717, 1.165) is 32.7 Å². The van der Waals surface area contributed by atoms with E-state index in [2.05, 4.69) is 37.0 Å². The predicted octanol–water partition coefficient (Wildman–Crippen LogP) is 1.79. The Balaban J connectivity index is 1.73. The first-order chi connectivity index (χ1) is 11.5. The minimum atomic E-state index is -0.260. The van der Waals surface area contributed by atoms with E-state index in [4.69, 9.17) is 5.73 Å². The summed E-state index contributed by atoms with van der Waals surface area (Å²) >= 11 is 0. The molecule has 1 aliphatic heterocycles. The number of nitrogens with one attached hydrogen (secondary N) is 1. The maximum atomic E-state index is 14.5. The molecule has 1 aliphatic rings. The van der Waals surface area contributed by atoms with Crippen molar-refractivity contribution in [2.24, 2.45) is 0 Å². The van der Waals surface area contributed by atoms with E-state index < -0.39 is 0 Å². The first-order valence-electron chi connectivity index (χ1n) is 8.07. The highest BCUT2D eigenvalue weighted by atomic mass is 19.1. The summed E-state index contributed by atoms with van der Waals surface area (Å²) in [5.74, 6) is 0.694. The Morgan fingerprint density at radius 2 is 1.92 bits per heavy atom. The van der Waals surface area contributed by atoms with Gasteiger partial charge in [-0.15, -0.1) is 0 Å². The Morgan fingerprint density at radius 3 is 2.54 bits per heavy atom. The summed E-state index contributed by atoms with van der Waals surface area (Å²) < 4.78 is 14.5. The maximum Gasteiger partial charge on any atom is 0.232 e. The Kier molecular flexibility index (Phi) is 4.75. The number of likely N-dealkylation sites (N-methyl/N-ethyl adjacent to an activating group) is 1. The van der Waals surface area contributed by atoms with Crippen molar-refractivity contribution < 1.29 is 4.39 Å². The molecule has 1 aromatic heterocycles. The van der Waals surface area contributed by atoms with Gasteiger partial charge in [-0.1, -0.05) is 6.92 Å². The van der Waals surface area contributed by atoms with E-state index >= 15 is 0 Å². The number of nitrogens with zero attached hydrogens (tertiary/aromatic N) is 5. The number of nitrogens with two attached hydrogens (primary N) is 1. The van der Waals surface area contributed by atoms with Gasteiger partial charge in [-0.3, -0.25) is 0 Å². The number of benzene rings is 1. The van der Waals surface area contributed by atoms with E-state index in [1.165, 1.54) is 6.07 Å². The van der Waals surface area contributed by atoms with Crippen molar-refractivity contribution in [1.82, 2.24) is 19.9 Å². The lowest BCUT2D eigenvalue weighted by molar-refractivity contribution is 0.270. The molecule has 1 saturated heterocycles. The summed E-state index contributed by atoms with van der Waals surface area (Å²) in [5, 5.41) is 2.96. The summed E-state index contributed by atoms with van der Waals surface area (Å²) in [6.45, 7) is 8.49. The molecule has 2 aromatic rings. The van der Waals surface area contributed by atoms with Gasteiger partial charge in [0.2, 0.25) is 11.9 Å². The Labute approximate surface area is 140 Å². The lowest BCUT2D eigenvalue weighted by Crippen LogP contribution is -2.46. The second-order valence-corrected chi connectivity index (χ2v) is 5.78. The van der Waals surface area contributed by atoms with Crippen LogP contribution in [-0.4, -0.2) is 52.6 Å². The van der Waals surface area contributed by atoms with Gasteiger partial charge in [-0.2, -0.15) is 15.0 Å². The summed E-state index contributed by atoms with van der Waals surface area (Å²) in [6, 6.07) is 5.06. The lowest BCUT2D eigenvalue weighted by atomic mass is 10.2. The van der Waals surface area contributed by atoms with E-state index in [9.17, 15) is 4.39 Å².